The van der Waals surface area contributed by atoms with Gasteiger partial charge in [0.05, 0.1) is 12.8 Å². The first kappa shape index (κ1) is 16.7. The Bertz CT molecular complexity index is 978. The van der Waals surface area contributed by atoms with Gasteiger partial charge in [0.15, 0.2) is 16.6 Å². The summed E-state index contributed by atoms with van der Waals surface area (Å²) in [5, 5.41) is 9.11. The third kappa shape index (κ3) is 3.43. The lowest BCUT2D eigenvalue weighted by Crippen LogP contribution is -1.99. The summed E-state index contributed by atoms with van der Waals surface area (Å²) in [6, 6.07) is 15.7. The van der Waals surface area contributed by atoms with Gasteiger partial charge in [0, 0.05) is 12.2 Å². The average Bonchev–Trinajstić information content (AvgIpc) is 3.31. The number of methoxy groups -OCH3 is 1. The molecule has 6 nitrogen and oxygen atoms in total. The third-order valence-corrected chi connectivity index (χ3v) is 4.99. The largest absolute Gasteiger partial charge is 0.495 e. The molecular weight excluding hydrogens is 348 g/mol. The van der Waals surface area contributed by atoms with E-state index in [0.717, 1.165) is 52.2 Å². The second kappa shape index (κ2) is 7.61. The molecule has 0 saturated carbocycles. The molecule has 0 aliphatic carbocycles. The highest BCUT2D eigenvalue weighted by Gasteiger charge is 2.11. The molecule has 0 saturated heterocycles. The maximum atomic E-state index is 5.76. The van der Waals surface area contributed by atoms with Crippen molar-refractivity contribution < 1.29 is 9.15 Å². The summed E-state index contributed by atoms with van der Waals surface area (Å²) in [5.74, 6) is 2.46. The molecule has 2 heterocycles. The maximum absolute atomic E-state index is 5.76. The molecule has 132 valence electrons. The standard InChI is InChI=1S/C19H18N4O2S/c1-24-17-10-5-3-8-15(17)23-13-20-22-19(23)26-12-6-11-18-21-14-7-2-4-9-16(14)25-18/h2-5,7-10,13H,6,11-12H2,1H3. The number of benzene rings is 2. The van der Waals surface area contributed by atoms with Gasteiger partial charge in [-0.3, -0.25) is 4.57 Å². The maximum Gasteiger partial charge on any atom is 0.195 e. The zero-order valence-corrected chi connectivity index (χ0v) is 15.1. The van der Waals surface area contributed by atoms with Crippen LogP contribution < -0.4 is 4.74 Å². The van der Waals surface area contributed by atoms with E-state index in [-0.39, 0.29) is 0 Å². The SMILES string of the molecule is COc1ccccc1-n1cnnc1SCCCc1nc2ccccc2o1. The summed E-state index contributed by atoms with van der Waals surface area (Å²) in [7, 11) is 1.66. The molecular formula is C19H18N4O2S. The zero-order valence-electron chi connectivity index (χ0n) is 14.3. The van der Waals surface area contributed by atoms with Crippen molar-refractivity contribution in [2.24, 2.45) is 0 Å². The highest BCUT2D eigenvalue weighted by molar-refractivity contribution is 7.99. The summed E-state index contributed by atoms with van der Waals surface area (Å²) in [6.45, 7) is 0. The average molecular weight is 366 g/mol. The number of ether oxygens (including phenoxy) is 1. The van der Waals surface area contributed by atoms with Crippen molar-refractivity contribution >= 4 is 22.9 Å². The van der Waals surface area contributed by atoms with Crippen LogP contribution in [0.1, 0.15) is 12.3 Å². The van der Waals surface area contributed by atoms with Gasteiger partial charge in [0.1, 0.15) is 17.6 Å². The van der Waals surface area contributed by atoms with E-state index in [9.17, 15) is 0 Å². The van der Waals surface area contributed by atoms with Gasteiger partial charge in [-0.2, -0.15) is 0 Å². The predicted octanol–water partition coefficient (Wildman–Crippen LogP) is 4.14. The molecule has 0 radical (unpaired) electrons. The van der Waals surface area contributed by atoms with Crippen LogP contribution in [0.3, 0.4) is 0 Å². The summed E-state index contributed by atoms with van der Waals surface area (Å²) in [5.41, 5.74) is 2.68. The lowest BCUT2D eigenvalue weighted by molar-refractivity contribution is 0.412. The number of thioether (sulfide) groups is 1. The summed E-state index contributed by atoms with van der Waals surface area (Å²) >= 11 is 1.66. The first-order valence-electron chi connectivity index (χ1n) is 8.36. The van der Waals surface area contributed by atoms with Crippen molar-refractivity contribution in [1.29, 1.82) is 0 Å². The van der Waals surface area contributed by atoms with Crippen LogP contribution in [0.2, 0.25) is 0 Å². The van der Waals surface area contributed by atoms with Gasteiger partial charge in [-0.05, 0) is 30.7 Å². The molecule has 4 rings (SSSR count). The topological polar surface area (TPSA) is 66.0 Å². The molecule has 7 heteroatoms. The molecule has 0 aliphatic rings. The van der Waals surface area contributed by atoms with Crippen molar-refractivity contribution in [3.8, 4) is 11.4 Å². The lowest BCUT2D eigenvalue weighted by Gasteiger charge is -2.10. The summed E-state index contributed by atoms with van der Waals surface area (Å²) < 4.78 is 13.1. The van der Waals surface area contributed by atoms with Gasteiger partial charge in [-0.25, -0.2) is 4.98 Å². The summed E-state index contributed by atoms with van der Waals surface area (Å²) in [4.78, 5) is 4.51. The molecule has 2 aromatic carbocycles. The Kier molecular flexibility index (Phi) is 4.88. The Morgan fingerprint density at radius 1 is 1.12 bits per heavy atom. The molecule has 0 spiro atoms. The Hall–Kier alpha value is -2.80. The minimum absolute atomic E-state index is 0.776. The van der Waals surface area contributed by atoms with Gasteiger partial charge in [0.2, 0.25) is 0 Å². The van der Waals surface area contributed by atoms with Crippen molar-refractivity contribution in [3.05, 3.63) is 60.7 Å². The van der Waals surface area contributed by atoms with E-state index in [1.54, 1.807) is 25.2 Å². The minimum Gasteiger partial charge on any atom is -0.495 e. The number of aryl methyl sites for hydroxylation is 1. The fraction of sp³-hybridized carbons (Fsp3) is 0.211. The van der Waals surface area contributed by atoms with Crippen LogP contribution in [0.5, 0.6) is 5.75 Å². The number of hydrogen-bond acceptors (Lipinski definition) is 6. The Balaban J connectivity index is 1.39. The fourth-order valence-electron chi connectivity index (χ4n) is 2.73. The van der Waals surface area contributed by atoms with E-state index in [2.05, 4.69) is 15.2 Å². The second-order valence-electron chi connectivity index (χ2n) is 5.68. The predicted molar refractivity (Wildman–Crippen MR) is 101 cm³/mol. The highest BCUT2D eigenvalue weighted by atomic mass is 32.2. The van der Waals surface area contributed by atoms with E-state index in [1.807, 2.05) is 53.1 Å². The van der Waals surface area contributed by atoms with E-state index in [0.29, 0.717) is 0 Å². The number of hydrogen-bond donors (Lipinski definition) is 0. The van der Waals surface area contributed by atoms with Crippen LogP contribution in [0.25, 0.3) is 16.8 Å². The van der Waals surface area contributed by atoms with Crippen molar-refractivity contribution in [2.45, 2.75) is 18.0 Å². The molecule has 4 aromatic rings. The van der Waals surface area contributed by atoms with Crippen LogP contribution in [0.4, 0.5) is 0 Å². The lowest BCUT2D eigenvalue weighted by atomic mass is 10.3. The van der Waals surface area contributed by atoms with Crippen molar-refractivity contribution in [1.82, 2.24) is 19.7 Å². The number of nitrogens with zero attached hydrogens (tertiary/aromatic N) is 4. The van der Waals surface area contributed by atoms with Crippen LogP contribution in [0, 0.1) is 0 Å². The first-order valence-corrected chi connectivity index (χ1v) is 9.34. The quantitative estimate of drug-likeness (QED) is 0.362. The number of oxazole rings is 1. The van der Waals surface area contributed by atoms with Crippen LogP contribution in [-0.4, -0.2) is 32.6 Å². The molecule has 0 fully saturated rings. The van der Waals surface area contributed by atoms with Crippen LogP contribution in [0.15, 0.2) is 64.4 Å². The third-order valence-electron chi connectivity index (χ3n) is 3.97. The highest BCUT2D eigenvalue weighted by Crippen LogP contribution is 2.27. The minimum atomic E-state index is 0.776. The molecule has 0 unspecified atom stereocenters. The molecule has 0 aliphatic heterocycles. The monoisotopic (exact) mass is 366 g/mol. The van der Waals surface area contributed by atoms with Crippen molar-refractivity contribution in [2.75, 3.05) is 12.9 Å². The number of fused-ring (bicyclic) bond motifs is 1. The second-order valence-corrected chi connectivity index (χ2v) is 6.74. The van der Waals surface area contributed by atoms with E-state index in [1.165, 1.54) is 0 Å². The van der Waals surface area contributed by atoms with Crippen molar-refractivity contribution in [3.63, 3.8) is 0 Å². The molecule has 26 heavy (non-hydrogen) atoms. The van der Waals surface area contributed by atoms with Gasteiger partial charge >= 0.3 is 0 Å². The van der Waals surface area contributed by atoms with E-state index >= 15 is 0 Å². The Morgan fingerprint density at radius 2 is 1.96 bits per heavy atom. The molecule has 0 amide bonds. The Morgan fingerprint density at radius 3 is 2.85 bits per heavy atom. The van der Waals surface area contributed by atoms with Gasteiger partial charge < -0.3 is 9.15 Å². The normalized spacial score (nSPS) is 11.1. The van der Waals surface area contributed by atoms with E-state index < -0.39 is 0 Å². The fourth-order valence-corrected chi connectivity index (χ4v) is 3.59. The molecule has 0 atom stereocenters. The smallest absolute Gasteiger partial charge is 0.195 e. The molecule has 2 aromatic heterocycles. The molecule has 0 bridgehead atoms. The van der Waals surface area contributed by atoms with Crippen LogP contribution in [-0.2, 0) is 6.42 Å². The zero-order chi connectivity index (χ0) is 17.8. The van der Waals surface area contributed by atoms with Gasteiger partial charge in [0.25, 0.3) is 0 Å². The molecule has 0 N–H and O–H groups in total. The summed E-state index contributed by atoms with van der Waals surface area (Å²) in [6.07, 6.45) is 3.45. The number of rotatable bonds is 7. The number of para-hydroxylation sites is 4. The van der Waals surface area contributed by atoms with Gasteiger partial charge in [-0.1, -0.05) is 36.0 Å². The van der Waals surface area contributed by atoms with E-state index in [4.69, 9.17) is 9.15 Å². The van der Waals surface area contributed by atoms with Gasteiger partial charge in [-0.15, -0.1) is 10.2 Å². The van der Waals surface area contributed by atoms with Crippen LogP contribution >= 0.6 is 11.8 Å². The Labute approximate surface area is 155 Å². The first-order chi connectivity index (χ1) is 12.8. The number of aromatic nitrogens is 4.